The Bertz CT molecular complexity index is 807. The number of carbonyl (C=O) groups excluding carboxylic acids is 1. The van der Waals surface area contributed by atoms with Crippen LogP contribution in [0.5, 0.6) is 0 Å². The minimum atomic E-state index is -1.15. The second kappa shape index (κ2) is 8.61. The maximum atomic E-state index is 12.0. The van der Waals surface area contributed by atoms with E-state index in [0.29, 0.717) is 11.1 Å². The molecule has 0 heterocycles. The van der Waals surface area contributed by atoms with Crippen molar-refractivity contribution in [2.75, 3.05) is 0 Å². The molecule has 0 aliphatic heterocycles. The van der Waals surface area contributed by atoms with Crippen molar-refractivity contribution in [3.8, 4) is 0 Å². The number of carbonyl (C=O) groups is 2. The zero-order valence-corrected chi connectivity index (χ0v) is 14.0. The van der Waals surface area contributed by atoms with Gasteiger partial charge in [-0.05, 0) is 18.1 Å². The third kappa shape index (κ3) is 5.30. The predicted octanol–water partition coefficient (Wildman–Crippen LogP) is 3.35. The van der Waals surface area contributed by atoms with Gasteiger partial charge in [-0.1, -0.05) is 42.5 Å². The van der Waals surface area contributed by atoms with Gasteiger partial charge in [0, 0.05) is 11.6 Å². The summed E-state index contributed by atoms with van der Waals surface area (Å²) >= 11 is 0. The van der Waals surface area contributed by atoms with E-state index in [1.807, 2.05) is 6.07 Å². The summed E-state index contributed by atoms with van der Waals surface area (Å²) in [5, 5.41) is 22.6. The summed E-state index contributed by atoms with van der Waals surface area (Å²) < 4.78 is 5.09. The highest BCUT2D eigenvalue weighted by atomic mass is 16.6. The number of carboxylic acid groups (broad SMARTS) is 1. The van der Waals surface area contributed by atoms with E-state index in [1.165, 1.54) is 12.1 Å². The van der Waals surface area contributed by atoms with Crippen molar-refractivity contribution in [3.63, 3.8) is 0 Å². The highest BCUT2D eigenvalue weighted by molar-refractivity contribution is 5.72. The number of nitro groups is 1. The molecular weight excluding hydrogens is 340 g/mol. The normalized spacial score (nSPS) is 11.4. The maximum Gasteiger partial charge on any atom is 0.407 e. The molecule has 8 nitrogen and oxygen atoms in total. The summed E-state index contributed by atoms with van der Waals surface area (Å²) in [5.74, 6) is -1.15. The standard InChI is InChI=1S/C18H18N2O6/c1-12-7-8-14(9-16(12)20(24)25)15(10-17(21)22)19-18(23)26-11-13-5-3-2-4-6-13/h2-9,15H,10-11H2,1H3,(H,19,23)(H,21,22)/t15-/m0/s1. The van der Waals surface area contributed by atoms with Crippen LogP contribution in [0.2, 0.25) is 0 Å². The fourth-order valence-corrected chi connectivity index (χ4v) is 2.37. The third-order valence-electron chi connectivity index (χ3n) is 3.72. The van der Waals surface area contributed by atoms with Gasteiger partial charge < -0.3 is 15.2 Å². The number of aryl methyl sites for hydroxylation is 1. The molecule has 0 fully saturated rings. The molecule has 2 aromatic carbocycles. The van der Waals surface area contributed by atoms with Gasteiger partial charge in [-0.2, -0.15) is 0 Å². The predicted molar refractivity (Wildman–Crippen MR) is 92.6 cm³/mol. The number of hydrogen-bond donors (Lipinski definition) is 2. The van der Waals surface area contributed by atoms with Gasteiger partial charge >= 0.3 is 12.1 Å². The van der Waals surface area contributed by atoms with Gasteiger partial charge in [-0.25, -0.2) is 4.79 Å². The molecular formula is C18H18N2O6. The fourth-order valence-electron chi connectivity index (χ4n) is 2.37. The lowest BCUT2D eigenvalue weighted by molar-refractivity contribution is -0.385. The van der Waals surface area contributed by atoms with E-state index in [2.05, 4.69) is 5.32 Å². The Balaban J connectivity index is 2.12. The molecule has 0 spiro atoms. The van der Waals surface area contributed by atoms with Crippen LogP contribution in [-0.2, 0) is 16.1 Å². The van der Waals surface area contributed by atoms with Crippen LogP contribution in [-0.4, -0.2) is 22.1 Å². The molecule has 0 saturated heterocycles. The molecule has 0 bridgehead atoms. The second-order valence-electron chi connectivity index (χ2n) is 5.66. The van der Waals surface area contributed by atoms with E-state index in [-0.39, 0.29) is 12.3 Å². The topological polar surface area (TPSA) is 119 Å². The highest BCUT2D eigenvalue weighted by Gasteiger charge is 2.22. The zero-order valence-electron chi connectivity index (χ0n) is 14.0. The molecule has 0 radical (unpaired) electrons. The van der Waals surface area contributed by atoms with Crippen LogP contribution in [0.15, 0.2) is 48.5 Å². The molecule has 2 N–H and O–H groups in total. The Morgan fingerprint density at radius 1 is 1.23 bits per heavy atom. The zero-order chi connectivity index (χ0) is 19.1. The average Bonchev–Trinajstić information content (AvgIpc) is 2.60. The minimum Gasteiger partial charge on any atom is -0.481 e. The van der Waals surface area contributed by atoms with Gasteiger partial charge in [-0.15, -0.1) is 0 Å². The van der Waals surface area contributed by atoms with Gasteiger partial charge in [0.1, 0.15) is 6.61 Å². The van der Waals surface area contributed by atoms with E-state index in [0.717, 1.165) is 5.56 Å². The first kappa shape index (κ1) is 18.9. The van der Waals surface area contributed by atoms with Crippen molar-refractivity contribution >= 4 is 17.7 Å². The number of amides is 1. The number of ether oxygens (including phenoxy) is 1. The number of carboxylic acids is 1. The SMILES string of the molecule is Cc1ccc([C@H](CC(=O)O)NC(=O)OCc2ccccc2)cc1[N+](=O)[O-]. The van der Waals surface area contributed by atoms with Crippen molar-refractivity contribution in [2.45, 2.75) is 26.0 Å². The van der Waals surface area contributed by atoms with Crippen molar-refractivity contribution < 1.29 is 24.4 Å². The second-order valence-corrected chi connectivity index (χ2v) is 5.66. The van der Waals surface area contributed by atoms with Crippen molar-refractivity contribution in [3.05, 3.63) is 75.3 Å². The first-order chi connectivity index (χ1) is 12.4. The van der Waals surface area contributed by atoms with Crippen molar-refractivity contribution in [1.82, 2.24) is 5.32 Å². The fraction of sp³-hybridized carbons (Fsp3) is 0.222. The number of benzene rings is 2. The number of rotatable bonds is 7. The first-order valence-electron chi connectivity index (χ1n) is 7.80. The monoisotopic (exact) mass is 358 g/mol. The summed E-state index contributed by atoms with van der Waals surface area (Å²) in [5.41, 5.74) is 1.40. The molecule has 26 heavy (non-hydrogen) atoms. The minimum absolute atomic E-state index is 0.0283. The third-order valence-corrected chi connectivity index (χ3v) is 3.72. The molecule has 8 heteroatoms. The molecule has 136 valence electrons. The molecule has 1 atom stereocenters. The smallest absolute Gasteiger partial charge is 0.407 e. The van der Waals surface area contributed by atoms with E-state index in [4.69, 9.17) is 9.84 Å². The van der Waals surface area contributed by atoms with Gasteiger partial charge in [-0.3, -0.25) is 14.9 Å². The molecule has 2 rings (SSSR count). The lowest BCUT2D eigenvalue weighted by Crippen LogP contribution is -2.30. The van der Waals surface area contributed by atoms with Crippen LogP contribution in [0.25, 0.3) is 0 Å². The number of nitro benzene ring substituents is 1. The molecule has 0 unspecified atom stereocenters. The quantitative estimate of drug-likeness (QED) is 0.579. The molecule has 0 aromatic heterocycles. The lowest BCUT2D eigenvalue weighted by atomic mass is 10.0. The van der Waals surface area contributed by atoms with E-state index in [1.54, 1.807) is 37.3 Å². The van der Waals surface area contributed by atoms with E-state index in [9.17, 15) is 19.7 Å². The molecule has 2 aromatic rings. The van der Waals surface area contributed by atoms with E-state index < -0.39 is 29.4 Å². The van der Waals surface area contributed by atoms with Crippen LogP contribution < -0.4 is 5.32 Å². The Morgan fingerprint density at radius 3 is 2.54 bits per heavy atom. The summed E-state index contributed by atoms with van der Waals surface area (Å²) in [6.07, 6.45) is -1.23. The number of nitrogens with zero attached hydrogens (tertiary/aromatic N) is 1. The Morgan fingerprint density at radius 2 is 1.92 bits per heavy atom. The van der Waals surface area contributed by atoms with Crippen molar-refractivity contribution in [1.29, 1.82) is 0 Å². The summed E-state index contributed by atoms with van der Waals surface area (Å²) in [4.78, 5) is 33.6. The number of alkyl carbamates (subject to hydrolysis) is 1. The van der Waals surface area contributed by atoms with E-state index >= 15 is 0 Å². The summed E-state index contributed by atoms with van der Waals surface area (Å²) in [7, 11) is 0. The van der Waals surface area contributed by atoms with Gasteiger partial charge in [0.05, 0.1) is 17.4 Å². The Labute approximate surface area is 149 Å². The van der Waals surface area contributed by atoms with Gasteiger partial charge in [0.15, 0.2) is 0 Å². The molecule has 0 saturated carbocycles. The number of hydrogen-bond acceptors (Lipinski definition) is 5. The van der Waals surface area contributed by atoms with Crippen LogP contribution in [0.1, 0.15) is 29.2 Å². The Kier molecular flexibility index (Phi) is 6.26. The average molecular weight is 358 g/mol. The van der Waals surface area contributed by atoms with Crippen LogP contribution in [0.3, 0.4) is 0 Å². The maximum absolute atomic E-state index is 12.0. The van der Waals surface area contributed by atoms with Crippen LogP contribution >= 0.6 is 0 Å². The number of nitrogens with one attached hydrogen (secondary N) is 1. The van der Waals surface area contributed by atoms with Gasteiger partial charge in [0.2, 0.25) is 0 Å². The first-order valence-corrected chi connectivity index (χ1v) is 7.80. The molecule has 0 aliphatic carbocycles. The lowest BCUT2D eigenvalue weighted by Gasteiger charge is -2.17. The van der Waals surface area contributed by atoms with Crippen LogP contribution in [0, 0.1) is 17.0 Å². The van der Waals surface area contributed by atoms with Crippen molar-refractivity contribution in [2.24, 2.45) is 0 Å². The molecule has 0 aliphatic rings. The largest absolute Gasteiger partial charge is 0.481 e. The Hall–Kier alpha value is -3.42. The van der Waals surface area contributed by atoms with Gasteiger partial charge in [0.25, 0.3) is 5.69 Å². The van der Waals surface area contributed by atoms with Crippen LogP contribution in [0.4, 0.5) is 10.5 Å². The number of aliphatic carboxylic acids is 1. The highest BCUT2D eigenvalue weighted by Crippen LogP contribution is 2.25. The summed E-state index contributed by atoms with van der Waals surface area (Å²) in [6, 6.07) is 12.4. The molecule has 1 amide bonds. The summed E-state index contributed by atoms with van der Waals surface area (Å²) in [6.45, 7) is 1.61.